The van der Waals surface area contributed by atoms with E-state index >= 15 is 0 Å². The summed E-state index contributed by atoms with van der Waals surface area (Å²) >= 11 is 0. The third kappa shape index (κ3) is 8.59. The highest BCUT2D eigenvalue weighted by molar-refractivity contribution is 7.89. The van der Waals surface area contributed by atoms with Gasteiger partial charge in [-0.2, -0.15) is 4.72 Å². The van der Waals surface area contributed by atoms with Crippen molar-refractivity contribution in [2.75, 3.05) is 26.4 Å². The van der Waals surface area contributed by atoms with E-state index in [1.165, 1.54) is 42.5 Å². The number of para-hydroxylation sites is 1. The normalized spacial score (nSPS) is 11.9. The molecule has 0 aliphatic carbocycles. The molecule has 0 aliphatic rings. The Labute approximate surface area is 292 Å². The molecule has 1 atom stereocenters. The summed E-state index contributed by atoms with van der Waals surface area (Å²) in [7, 11) is -2.40. The van der Waals surface area contributed by atoms with E-state index in [1.54, 1.807) is 54.9 Å². The minimum atomic E-state index is -4.10. The predicted molar refractivity (Wildman–Crippen MR) is 186 cm³/mol. The first kappa shape index (κ1) is 36.7. The zero-order valence-corrected chi connectivity index (χ0v) is 28.8. The molecule has 0 aliphatic heterocycles. The number of hydrogen-bond acceptors (Lipinski definition) is 8. The van der Waals surface area contributed by atoms with E-state index in [4.69, 9.17) is 14.2 Å². The molecule has 5 rings (SSSR count). The van der Waals surface area contributed by atoms with Crippen LogP contribution in [0.4, 0.5) is 8.78 Å². The summed E-state index contributed by atoms with van der Waals surface area (Å²) in [6.07, 6.45) is 0. The molecule has 0 bridgehead atoms. The Morgan fingerprint density at radius 1 is 0.882 bits per heavy atom. The van der Waals surface area contributed by atoms with Gasteiger partial charge in [0, 0.05) is 30.1 Å². The first-order valence-electron chi connectivity index (χ1n) is 15.9. The number of aromatic nitrogens is 1. The number of sulfonamides is 1. The van der Waals surface area contributed by atoms with Crippen LogP contribution < -0.4 is 24.9 Å². The number of rotatable bonds is 14. The summed E-state index contributed by atoms with van der Waals surface area (Å²) in [5, 5.41) is 2.94. The van der Waals surface area contributed by atoms with Gasteiger partial charge in [-0.15, -0.1) is 0 Å². The lowest BCUT2D eigenvalue weighted by Crippen LogP contribution is -2.49. The van der Waals surface area contributed by atoms with Gasteiger partial charge < -0.3 is 24.1 Å². The van der Waals surface area contributed by atoms with Crippen LogP contribution in [0.25, 0.3) is 22.2 Å². The lowest BCUT2D eigenvalue weighted by Gasteiger charge is -2.18. The maximum atomic E-state index is 14.2. The number of fused-ring (bicyclic) bond motifs is 1. The quantitative estimate of drug-likeness (QED) is 0.122. The second-order valence-corrected chi connectivity index (χ2v) is 13.1. The van der Waals surface area contributed by atoms with E-state index < -0.39 is 45.0 Å². The average Bonchev–Trinajstić information content (AvgIpc) is 3.12. The molecular weight excluding hydrogens is 684 g/mol. The second kappa shape index (κ2) is 16.0. The highest BCUT2D eigenvalue weighted by Gasteiger charge is 2.28. The summed E-state index contributed by atoms with van der Waals surface area (Å²) in [6.45, 7) is 2.93. The molecule has 1 amide bonds. The van der Waals surface area contributed by atoms with E-state index in [0.717, 1.165) is 17.7 Å². The number of esters is 1. The number of halogens is 2. The van der Waals surface area contributed by atoms with Crippen LogP contribution in [0.5, 0.6) is 11.5 Å². The smallest absolute Gasteiger partial charge is 0.326 e. The van der Waals surface area contributed by atoms with E-state index in [9.17, 15) is 31.6 Å². The fourth-order valence-corrected chi connectivity index (χ4v) is 6.44. The number of ether oxygens (including phenoxy) is 3. The fraction of sp³-hybridized carbons (Fsp3) is 0.216. The van der Waals surface area contributed by atoms with Crippen LogP contribution in [0.2, 0.25) is 0 Å². The Bertz CT molecular complexity index is 2220. The number of hydrogen-bond donors (Lipinski definition) is 2. The molecule has 14 heteroatoms. The molecule has 1 aromatic heterocycles. The Balaban J connectivity index is 1.22. The minimum absolute atomic E-state index is 0.0103. The van der Waals surface area contributed by atoms with Crippen LogP contribution in [-0.2, 0) is 26.6 Å². The van der Waals surface area contributed by atoms with Crippen molar-refractivity contribution in [1.29, 1.82) is 0 Å². The molecule has 0 radical (unpaired) electrons. The molecule has 1 unspecified atom stereocenters. The van der Waals surface area contributed by atoms with Crippen LogP contribution in [0.1, 0.15) is 22.8 Å². The van der Waals surface area contributed by atoms with Gasteiger partial charge in [0.05, 0.1) is 22.7 Å². The zero-order chi connectivity index (χ0) is 36.7. The summed E-state index contributed by atoms with van der Waals surface area (Å²) in [4.78, 5) is 38.9. The van der Waals surface area contributed by atoms with Crippen molar-refractivity contribution in [3.8, 4) is 22.8 Å². The molecule has 51 heavy (non-hydrogen) atoms. The fourth-order valence-electron chi connectivity index (χ4n) is 5.25. The van der Waals surface area contributed by atoms with Gasteiger partial charge in [0.1, 0.15) is 25.0 Å². The van der Waals surface area contributed by atoms with Crippen molar-refractivity contribution in [3.63, 3.8) is 0 Å². The average molecular weight is 720 g/mol. The minimum Gasteiger partial charge on any atom is -0.490 e. The molecule has 0 saturated carbocycles. The second-order valence-electron chi connectivity index (χ2n) is 11.4. The zero-order valence-electron chi connectivity index (χ0n) is 27.9. The van der Waals surface area contributed by atoms with Gasteiger partial charge in [0.15, 0.2) is 17.4 Å². The molecular formula is C37H35F2N3O8S. The molecule has 0 fully saturated rings. The van der Waals surface area contributed by atoms with Crippen molar-refractivity contribution < 1.29 is 41.0 Å². The van der Waals surface area contributed by atoms with Gasteiger partial charge in [-0.25, -0.2) is 17.2 Å². The van der Waals surface area contributed by atoms with Gasteiger partial charge in [0.2, 0.25) is 15.5 Å². The Kier molecular flexibility index (Phi) is 11.5. The first-order chi connectivity index (χ1) is 24.4. The monoisotopic (exact) mass is 719 g/mol. The Morgan fingerprint density at radius 2 is 1.57 bits per heavy atom. The van der Waals surface area contributed by atoms with E-state index in [2.05, 4.69) is 10.0 Å². The Hall–Kier alpha value is -5.60. The molecule has 266 valence electrons. The number of nitrogens with zero attached hydrogens (tertiary/aromatic N) is 1. The van der Waals surface area contributed by atoms with Crippen molar-refractivity contribution in [3.05, 3.63) is 124 Å². The van der Waals surface area contributed by atoms with E-state index in [0.29, 0.717) is 16.7 Å². The van der Waals surface area contributed by atoms with Gasteiger partial charge in [0.25, 0.3) is 5.91 Å². The van der Waals surface area contributed by atoms with Crippen molar-refractivity contribution in [1.82, 2.24) is 14.6 Å². The van der Waals surface area contributed by atoms with Crippen molar-refractivity contribution in [2.24, 2.45) is 7.05 Å². The van der Waals surface area contributed by atoms with Crippen LogP contribution in [0.3, 0.4) is 0 Å². The number of carbonyl (C=O) groups excluding carboxylic acids is 2. The molecule has 0 saturated heterocycles. The lowest BCUT2D eigenvalue weighted by molar-refractivity contribution is -0.144. The lowest BCUT2D eigenvalue weighted by atomic mass is 10.1. The van der Waals surface area contributed by atoms with Crippen LogP contribution in [-0.4, -0.2) is 57.3 Å². The maximum Gasteiger partial charge on any atom is 0.326 e. The van der Waals surface area contributed by atoms with E-state index in [-0.39, 0.29) is 53.8 Å². The molecule has 4 aromatic carbocycles. The van der Waals surface area contributed by atoms with Gasteiger partial charge >= 0.3 is 5.97 Å². The topological polar surface area (TPSA) is 142 Å². The van der Waals surface area contributed by atoms with Gasteiger partial charge in [-0.1, -0.05) is 29.8 Å². The highest BCUT2D eigenvalue weighted by Crippen LogP contribution is 2.31. The summed E-state index contributed by atoms with van der Waals surface area (Å²) in [6, 6.07) is 20.9. The maximum absolute atomic E-state index is 14.2. The largest absolute Gasteiger partial charge is 0.490 e. The van der Waals surface area contributed by atoms with Gasteiger partial charge in [-0.05, 0) is 80.6 Å². The number of aryl methyl sites for hydroxylation is 2. The molecule has 11 nitrogen and oxygen atoms in total. The number of nitrogens with one attached hydrogen (secondary N) is 2. The van der Waals surface area contributed by atoms with Crippen molar-refractivity contribution >= 4 is 32.8 Å². The van der Waals surface area contributed by atoms with Crippen LogP contribution in [0, 0.1) is 18.6 Å². The van der Waals surface area contributed by atoms with E-state index in [1.807, 2.05) is 6.92 Å². The SMILES string of the molecule is CCOC(=O)C(CNC(=O)c1ccc(OCCOc2c(-c3ccc(F)c(F)c3)n(C)c3ccccc3c2=O)cc1)NS(=O)(=O)c1ccc(C)cc1. The molecule has 2 N–H and O–H groups in total. The molecule has 1 heterocycles. The number of carbonyl (C=O) groups is 2. The number of benzene rings is 4. The van der Waals surface area contributed by atoms with Gasteiger partial charge in [-0.3, -0.25) is 14.4 Å². The standard InChI is InChI=1S/C37H35F2N3O8S/c1-4-48-37(45)31(41-51(46,47)27-16-9-23(2)10-17-27)22-40-36(44)24-11-14-26(15-12-24)49-19-20-50-35-33(25-13-18-29(38)30(39)21-25)42(3)32-8-6-5-7-28(32)34(35)43/h5-18,21,31,41H,4,19-20,22H2,1-3H3,(H,40,44). The predicted octanol–water partition coefficient (Wildman–Crippen LogP) is 4.89. The van der Waals surface area contributed by atoms with Crippen molar-refractivity contribution in [2.45, 2.75) is 24.8 Å². The summed E-state index contributed by atoms with van der Waals surface area (Å²) < 4.78 is 74.3. The van der Waals surface area contributed by atoms with Crippen LogP contribution in [0.15, 0.2) is 101 Å². The third-order valence-electron chi connectivity index (χ3n) is 7.84. The highest BCUT2D eigenvalue weighted by atomic mass is 32.2. The number of pyridine rings is 1. The molecule has 5 aromatic rings. The third-order valence-corrected chi connectivity index (χ3v) is 9.33. The summed E-state index contributed by atoms with van der Waals surface area (Å²) in [5.41, 5.74) is 1.74. The summed E-state index contributed by atoms with van der Waals surface area (Å²) in [5.74, 6) is -3.20. The number of amides is 1. The molecule has 0 spiro atoms. The van der Waals surface area contributed by atoms with Crippen LogP contribution >= 0.6 is 0 Å². The Morgan fingerprint density at radius 3 is 2.25 bits per heavy atom. The first-order valence-corrected chi connectivity index (χ1v) is 17.3.